The van der Waals surface area contributed by atoms with Crippen LogP contribution in [-0.2, 0) is 21.8 Å². The molecule has 0 aliphatic carbocycles. The molecule has 2 unspecified atom stereocenters. The van der Waals surface area contributed by atoms with E-state index in [1.807, 2.05) is 49.4 Å². The molecular weight excluding hydrogens is 669 g/mol. The van der Waals surface area contributed by atoms with E-state index in [-0.39, 0.29) is 25.3 Å². The number of nitrogens with zero attached hydrogens (tertiary/aromatic N) is 6. The number of halogens is 2. The van der Waals surface area contributed by atoms with Gasteiger partial charge in [0.05, 0.1) is 11.6 Å². The minimum Gasteiger partial charge on any atom is -0.491 e. The summed E-state index contributed by atoms with van der Waals surface area (Å²) < 4.78 is 20.5. The smallest absolute Gasteiger partial charge is 0.321 e. The Labute approximate surface area is 296 Å². The fraction of sp³-hybridized carbons (Fsp3) is 0.400. The van der Waals surface area contributed by atoms with Gasteiger partial charge in [-0.1, -0.05) is 29.3 Å². The molecule has 260 valence electrons. The molecule has 12 nitrogen and oxygen atoms in total. The molecule has 3 aromatic carbocycles. The molecule has 0 bridgehead atoms. The Morgan fingerprint density at radius 1 is 1.04 bits per heavy atom. The van der Waals surface area contributed by atoms with E-state index in [1.165, 1.54) is 6.33 Å². The van der Waals surface area contributed by atoms with E-state index in [2.05, 4.69) is 37.3 Å². The molecule has 0 saturated carbocycles. The number of anilines is 3. The normalized spacial score (nSPS) is 19.2. The van der Waals surface area contributed by atoms with Crippen molar-refractivity contribution in [2.45, 2.75) is 31.8 Å². The van der Waals surface area contributed by atoms with Gasteiger partial charge in [-0.2, -0.15) is 5.10 Å². The highest BCUT2D eigenvalue weighted by molar-refractivity contribution is 6.35. The number of amides is 2. The molecule has 2 aliphatic rings. The van der Waals surface area contributed by atoms with Gasteiger partial charge in [0.15, 0.2) is 0 Å². The first-order chi connectivity index (χ1) is 23.9. The third kappa shape index (κ3) is 8.57. The average Bonchev–Trinajstić information content (AvgIpc) is 3.79. The second-order valence-electron chi connectivity index (χ2n) is 11.9. The van der Waals surface area contributed by atoms with Gasteiger partial charge in [-0.15, -0.1) is 0 Å². The van der Waals surface area contributed by atoms with Crippen molar-refractivity contribution in [3.8, 4) is 5.75 Å². The first-order valence-corrected chi connectivity index (χ1v) is 17.2. The standard InChI is InChI=1S/C35H41Cl2N7O5/c1-2-41(14-3-19-45)34(46)40-27-5-7-28(8-6-27)42-15-17-43(18-16-42)29-9-11-30(12-10-29)47-21-31-22-48-35(49-31,23-44-25-38-24-39-44)32-13-4-26(36)20-33(32)37/h4-13,20,24-25,31,45H,2-3,14-19,21-23H2,1H3,(H,40,46). The number of hydrogen-bond acceptors (Lipinski definition) is 9. The average molecular weight is 711 g/mol. The third-order valence-corrected chi connectivity index (χ3v) is 9.24. The van der Waals surface area contributed by atoms with Crippen molar-refractivity contribution in [1.29, 1.82) is 0 Å². The lowest BCUT2D eigenvalue weighted by Gasteiger charge is -2.37. The number of aliphatic hydroxyl groups excluding tert-OH is 1. The number of rotatable bonds is 13. The Kier molecular flexibility index (Phi) is 11.4. The van der Waals surface area contributed by atoms with Crippen molar-refractivity contribution >= 4 is 46.3 Å². The Morgan fingerprint density at radius 3 is 2.35 bits per heavy atom. The van der Waals surface area contributed by atoms with Crippen LogP contribution in [0.25, 0.3) is 0 Å². The number of hydrogen-bond donors (Lipinski definition) is 2. The first kappa shape index (κ1) is 34.8. The summed E-state index contributed by atoms with van der Waals surface area (Å²) in [6.07, 6.45) is 3.29. The number of ether oxygens (including phenoxy) is 3. The van der Waals surface area contributed by atoms with Gasteiger partial charge in [0.1, 0.15) is 37.7 Å². The lowest BCUT2D eigenvalue weighted by molar-refractivity contribution is -0.190. The van der Waals surface area contributed by atoms with Gasteiger partial charge in [-0.05, 0) is 74.0 Å². The summed E-state index contributed by atoms with van der Waals surface area (Å²) in [6.45, 7) is 7.49. The lowest BCUT2D eigenvalue weighted by Crippen LogP contribution is -2.46. The SMILES string of the molecule is CCN(CCCO)C(=O)Nc1ccc(N2CCN(c3ccc(OCC4COC(Cn5cncn5)(c5ccc(Cl)cc5Cl)O4)cc3)CC2)cc1. The van der Waals surface area contributed by atoms with E-state index in [9.17, 15) is 4.79 Å². The fourth-order valence-corrected chi connectivity index (χ4v) is 6.62. The second kappa shape index (κ2) is 16.1. The minimum atomic E-state index is -1.16. The summed E-state index contributed by atoms with van der Waals surface area (Å²) in [4.78, 5) is 23.0. The topological polar surface area (TPSA) is 117 Å². The number of nitrogens with one attached hydrogen (secondary N) is 1. The Bertz CT molecular complexity index is 1650. The Morgan fingerprint density at radius 2 is 1.73 bits per heavy atom. The number of carbonyl (C=O) groups excluding carboxylic acids is 1. The van der Waals surface area contributed by atoms with E-state index in [1.54, 1.807) is 28.0 Å². The maximum Gasteiger partial charge on any atom is 0.321 e. The summed E-state index contributed by atoms with van der Waals surface area (Å²) in [6, 6.07) is 21.2. The third-order valence-electron chi connectivity index (χ3n) is 8.69. The molecular formula is C35H41Cl2N7O5. The van der Waals surface area contributed by atoms with Crippen LogP contribution in [0.3, 0.4) is 0 Å². The molecule has 2 amide bonds. The number of benzene rings is 3. The van der Waals surface area contributed by atoms with Crippen LogP contribution in [0.15, 0.2) is 79.4 Å². The molecule has 4 aromatic rings. The second-order valence-corrected chi connectivity index (χ2v) is 12.8. The van der Waals surface area contributed by atoms with Gasteiger partial charge in [0.25, 0.3) is 0 Å². The largest absolute Gasteiger partial charge is 0.491 e. The van der Waals surface area contributed by atoms with Gasteiger partial charge in [0, 0.05) is 73.5 Å². The molecule has 2 N–H and O–H groups in total. The van der Waals surface area contributed by atoms with Gasteiger partial charge < -0.3 is 39.3 Å². The molecule has 14 heteroatoms. The molecule has 1 aromatic heterocycles. The zero-order valence-electron chi connectivity index (χ0n) is 27.4. The predicted molar refractivity (Wildman–Crippen MR) is 190 cm³/mol. The van der Waals surface area contributed by atoms with Crippen molar-refractivity contribution in [2.24, 2.45) is 0 Å². The Balaban J connectivity index is 0.987. The number of aromatic nitrogens is 3. The molecule has 2 atom stereocenters. The van der Waals surface area contributed by atoms with Crippen LogP contribution in [-0.4, -0.2) is 96.0 Å². The molecule has 3 heterocycles. The van der Waals surface area contributed by atoms with Gasteiger partial charge in [0.2, 0.25) is 5.79 Å². The van der Waals surface area contributed by atoms with Gasteiger partial charge in [-0.25, -0.2) is 14.5 Å². The maximum atomic E-state index is 12.6. The monoisotopic (exact) mass is 709 g/mol. The molecule has 0 spiro atoms. The molecule has 6 rings (SSSR count). The van der Waals surface area contributed by atoms with Crippen LogP contribution in [0.4, 0.5) is 21.9 Å². The summed E-state index contributed by atoms with van der Waals surface area (Å²) in [5.74, 6) is -0.419. The summed E-state index contributed by atoms with van der Waals surface area (Å²) >= 11 is 12.7. The predicted octanol–water partition coefficient (Wildman–Crippen LogP) is 5.50. The summed E-state index contributed by atoms with van der Waals surface area (Å²) in [7, 11) is 0. The van der Waals surface area contributed by atoms with Crippen LogP contribution in [0.5, 0.6) is 5.75 Å². The molecule has 0 radical (unpaired) electrons. The zero-order valence-corrected chi connectivity index (χ0v) is 28.9. The van der Waals surface area contributed by atoms with Crippen LogP contribution in [0.2, 0.25) is 10.0 Å². The molecule has 2 fully saturated rings. The first-order valence-electron chi connectivity index (χ1n) is 16.4. The number of urea groups is 1. The molecule has 2 aliphatic heterocycles. The van der Waals surface area contributed by atoms with Crippen LogP contribution in [0.1, 0.15) is 18.9 Å². The quantitative estimate of drug-likeness (QED) is 0.186. The van der Waals surface area contributed by atoms with Crippen LogP contribution < -0.4 is 19.9 Å². The number of aliphatic hydroxyl groups is 1. The summed E-state index contributed by atoms with van der Waals surface area (Å²) in [5.41, 5.74) is 3.67. The molecule has 2 saturated heterocycles. The van der Waals surface area contributed by atoms with E-state index < -0.39 is 5.79 Å². The van der Waals surface area contributed by atoms with E-state index in [0.717, 1.165) is 49.0 Å². The van der Waals surface area contributed by atoms with Crippen molar-refractivity contribution in [2.75, 3.05) is 74.2 Å². The van der Waals surface area contributed by atoms with Crippen LogP contribution >= 0.6 is 23.2 Å². The Hall–Kier alpha value is -4.07. The highest BCUT2D eigenvalue weighted by atomic mass is 35.5. The van der Waals surface area contributed by atoms with E-state index in [0.29, 0.717) is 48.3 Å². The highest BCUT2D eigenvalue weighted by Gasteiger charge is 2.45. The van der Waals surface area contributed by atoms with Crippen LogP contribution in [0, 0.1) is 0 Å². The molecule has 49 heavy (non-hydrogen) atoms. The number of carbonyl (C=O) groups is 1. The number of piperazine rings is 1. The van der Waals surface area contributed by atoms with E-state index >= 15 is 0 Å². The minimum absolute atomic E-state index is 0.0649. The van der Waals surface area contributed by atoms with E-state index in [4.69, 9.17) is 42.5 Å². The zero-order chi connectivity index (χ0) is 34.2. The van der Waals surface area contributed by atoms with Crippen molar-refractivity contribution < 1.29 is 24.1 Å². The highest BCUT2D eigenvalue weighted by Crippen LogP contribution is 2.40. The maximum absolute atomic E-state index is 12.6. The van der Waals surface area contributed by atoms with Gasteiger partial charge >= 0.3 is 6.03 Å². The van der Waals surface area contributed by atoms with Gasteiger partial charge in [-0.3, -0.25) is 0 Å². The van der Waals surface area contributed by atoms with Crippen molar-refractivity contribution in [3.05, 3.63) is 95.0 Å². The fourth-order valence-electron chi connectivity index (χ4n) is 6.07. The summed E-state index contributed by atoms with van der Waals surface area (Å²) in [5, 5.41) is 17.2. The lowest BCUT2D eigenvalue weighted by atomic mass is 10.1. The van der Waals surface area contributed by atoms with Crippen molar-refractivity contribution in [3.63, 3.8) is 0 Å². The van der Waals surface area contributed by atoms with Crippen molar-refractivity contribution in [1.82, 2.24) is 19.7 Å².